The summed E-state index contributed by atoms with van der Waals surface area (Å²) in [6.45, 7) is 5.54. The highest BCUT2D eigenvalue weighted by Gasteiger charge is 2.13. The Hall–Kier alpha value is -0.640. The van der Waals surface area contributed by atoms with Crippen molar-refractivity contribution in [2.45, 2.75) is 45.6 Å². The van der Waals surface area contributed by atoms with Crippen LogP contribution in [0.5, 0.6) is 0 Å². The molecule has 3 heteroatoms. The molecule has 0 saturated carbocycles. The third-order valence-electron chi connectivity index (χ3n) is 3.62. The van der Waals surface area contributed by atoms with Gasteiger partial charge in [-0.25, -0.2) is 0 Å². The molecule has 0 spiro atoms. The van der Waals surface area contributed by atoms with Gasteiger partial charge in [-0.15, -0.1) is 11.3 Å². The molecule has 1 unspecified atom stereocenters. The Morgan fingerprint density at radius 1 is 1.05 bits per heavy atom. The molecule has 2 aromatic rings. The predicted molar refractivity (Wildman–Crippen MR) is 97.3 cm³/mol. The molecule has 21 heavy (non-hydrogen) atoms. The zero-order valence-electron chi connectivity index (χ0n) is 12.9. The molecular formula is C18H24BrNS. The molecule has 2 rings (SSSR count). The van der Waals surface area contributed by atoms with Crippen LogP contribution in [0.4, 0.5) is 0 Å². The Morgan fingerprint density at radius 2 is 1.81 bits per heavy atom. The number of hydrogen-bond donors (Lipinski definition) is 1. The van der Waals surface area contributed by atoms with Gasteiger partial charge in [-0.2, -0.15) is 0 Å². The molecule has 1 aromatic heterocycles. The van der Waals surface area contributed by atoms with E-state index in [2.05, 4.69) is 71.5 Å². The molecule has 0 amide bonds. The maximum atomic E-state index is 3.71. The summed E-state index contributed by atoms with van der Waals surface area (Å²) in [4.78, 5) is 2.98. The van der Waals surface area contributed by atoms with E-state index in [0.717, 1.165) is 25.8 Å². The molecule has 114 valence electrons. The number of nitrogens with one attached hydrogen (secondary N) is 1. The smallest absolute Gasteiger partial charge is 0.0207 e. The standard InChI is InChI=1S/C18H24BrNS/c1-3-11-20-15(12-14-7-5-6-8-18(14)19)13-17-10-9-16(4-2)21-17/h5-10,15,20H,3-4,11-13H2,1-2H3. The van der Waals surface area contributed by atoms with Crippen molar-refractivity contribution >= 4 is 27.3 Å². The fourth-order valence-corrected chi connectivity index (χ4v) is 3.94. The van der Waals surface area contributed by atoms with E-state index < -0.39 is 0 Å². The largest absolute Gasteiger partial charge is 0.313 e. The first-order valence-electron chi connectivity index (χ1n) is 7.77. The minimum Gasteiger partial charge on any atom is -0.313 e. The highest BCUT2D eigenvalue weighted by molar-refractivity contribution is 9.10. The second kappa shape index (κ2) is 8.72. The van der Waals surface area contributed by atoms with Crippen molar-refractivity contribution in [1.29, 1.82) is 0 Å². The lowest BCUT2D eigenvalue weighted by molar-refractivity contribution is 0.507. The maximum Gasteiger partial charge on any atom is 0.0207 e. The van der Waals surface area contributed by atoms with Crippen molar-refractivity contribution in [3.63, 3.8) is 0 Å². The number of aryl methyl sites for hydroxylation is 1. The zero-order chi connectivity index (χ0) is 15.1. The van der Waals surface area contributed by atoms with Gasteiger partial charge in [0.2, 0.25) is 0 Å². The first-order chi connectivity index (χ1) is 10.2. The molecule has 1 heterocycles. The van der Waals surface area contributed by atoms with Crippen molar-refractivity contribution in [1.82, 2.24) is 5.32 Å². The number of rotatable bonds is 8. The first-order valence-corrected chi connectivity index (χ1v) is 9.38. The highest BCUT2D eigenvalue weighted by atomic mass is 79.9. The lowest BCUT2D eigenvalue weighted by Crippen LogP contribution is -2.33. The predicted octanol–water partition coefficient (Wildman–Crippen LogP) is 5.23. The molecule has 0 fully saturated rings. The minimum atomic E-state index is 0.506. The van der Waals surface area contributed by atoms with Crippen molar-refractivity contribution in [2.24, 2.45) is 0 Å². The second-order valence-corrected chi connectivity index (χ2v) is 7.48. The van der Waals surface area contributed by atoms with E-state index in [-0.39, 0.29) is 0 Å². The van der Waals surface area contributed by atoms with E-state index in [9.17, 15) is 0 Å². The van der Waals surface area contributed by atoms with Gasteiger partial charge in [0.15, 0.2) is 0 Å². The molecule has 0 radical (unpaired) electrons. The van der Waals surface area contributed by atoms with E-state index in [1.54, 1.807) is 0 Å². The van der Waals surface area contributed by atoms with Gasteiger partial charge in [-0.1, -0.05) is 48.0 Å². The zero-order valence-corrected chi connectivity index (χ0v) is 15.3. The fraction of sp³-hybridized carbons (Fsp3) is 0.444. The van der Waals surface area contributed by atoms with E-state index in [1.807, 2.05) is 11.3 Å². The summed E-state index contributed by atoms with van der Waals surface area (Å²) >= 11 is 5.63. The monoisotopic (exact) mass is 365 g/mol. The van der Waals surface area contributed by atoms with Gasteiger partial charge in [0.05, 0.1) is 0 Å². The number of thiophene rings is 1. The summed E-state index contributed by atoms with van der Waals surface area (Å²) in [7, 11) is 0. The van der Waals surface area contributed by atoms with Crippen LogP contribution in [0.3, 0.4) is 0 Å². The van der Waals surface area contributed by atoms with Gasteiger partial charge in [-0.05, 0) is 56.0 Å². The minimum absolute atomic E-state index is 0.506. The number of hydrogen-bond acceptors (Lipinski definition) is 2. The summed E-state index contributed by atoms with van der Waals surface area (Å²) in [5.74, 6) is 0. The molecule has 0 aliphatic carbocycles. The van der Waals surface area contributed by atoms with Gasteiger partial charge in [-0.3, -0.25) is 0 Å². The van der Waals surface area contributed by atoms with Crippen LogP contribution in [0.2, 0.25) is 0 Å². The number of halogens is 1. The topological polar surface area (TPSA) is 12.0 Å². The van der Waals surface area contributed by atoms with Gasteiger partial charge < -0.3 is 5.32 Å². The van der Waals surface area contributed by atoms with Crippen LogP contribution < -0.4 is 5.32 Å². The molecule has 0 saturated heterocycles. The molecule has 0 aliphatic rings. The van der Waals surface area contributed by atoms with Crippen LogP contribution in [-0.2, 0) is 19.3 Å². The lowest BCUT2D eigenvalue weighted by Gasteiger charge is -2.18. The van der Waals surface area contributed by atoms with Crippen LogP contribution in [0.1, 0.15) is 35.6 Å². The van der Waals surface area contributed by atoms with Gasteiger partial charge in [0.25, 0.3) is 0 Å². The molecule has 1 N–H and O–H groups in total. The summed E-state index contributed by atoms with van der Waals surface area (Å²) in [5, 5.41) is 3.71. The van der Waals surface area contributed by atoms with Crippen LogP contribution in [0.15, 0.2) is 40.9 Å². The van der Waals surface area contributed by atoms with Crippen molar-refractivity contribution in [3.05, 3.63) is 56.2 Å². The van der Waals surface area contributed by atoms with Crippen LogP contribution in [-0.4, -0.2) is 12.6 Å². The molecule has 0 bridgehead atoms. The summed E-state index contributed by atoms with van der Waals surface area (Å²) in [6.07, 6.45) is 4.51. The molecule has 1 nitrogen and oxygen atoms in total. The Morgan fingerprint density at radius 3 is 2.48 bits per heavy atom. The quantitative estimate of drug-likeness (QED) is 0.675. The SMILES string of the molecule is CCCNC(Cc1ccc(CC)s1)Cc1ccccc1Br. The van der Waals surface area contributed by atoms with Crippen molar-refractivity contribution in [2.75, 3.05) is 6.54 Å². The Bertz CT molecular complexity index is 550. The fourth-order valence-electron chi connectivity index (χ4n) is 2.46. The van der Waals surface area contributed by atoms with Crippen LogP contribution in [0.25, 0.3) is 0 Å². The summed E-state index contributed by atoms with van der Waals surface area (Å²) in [5.41, 5.74) is 1.39. The van der Waals surface area contributed by atoms with E-state index in [0.29, 0.717) is 6.04 Å². The molecular weight excluding hydrogens is 342 g/mol. The maximum absolute atomic E-state index is 3.71. The average molecular weight is 366 g/mol. The normalized spacial score (nSPS) is 12.5. The summed E-state index contributed by atoms with van der Waals surface area (Å²) < 4.78 is 1.22. The van der Waals surface area contributed by atoms with Crippen molar-refractivity contribution in [3.8, 4) is 0 Å². The summed E-state index contributed by atoms with van der Waals surface area (Å²) in [6, 6.07) is 13.6. The van der Waals surface area contributed by atoms with Crippen molar-refractivity contribution < 1.29 is 0 Å². The van der Waals surface area contributed by atoms with E-state index in [4.69, 9.17) is 0 Å². The Kier molecular flexibility index (Phi) is 6.94. The van der Waals surface area contributed by atoms with Crippen LogP contribution in [0, 0.1) is 0 Å². The number of benzene rings is 1. The third-order valence-corrected chi connectivity index (χ3v) is 5.65. The van der Waals surface area contributed by atoms with Gasteiger partial charge >= 0.3 is 0 Å². The average Bonchev–Trinajstić information content (AvgIpc) is 2.94. The lowest BCUT2D eigenvalue weighted by atomic mass is 10.0. The molecule has 0 aliphatic heterocycles. The molecule has 1 aromatic carbocycles. The first kappa shape index (κ1) is 16.7. The van der Waals surface area contributed by atoms with E-state index >= 15 is 0 Å². The highest BCUT2D eigenvalue weighted by Crippen LogP contribution is 2.22. The molecule has 1 atom stereocenters. The third kappa shape index (κ3) is 5.24. The second-order valence-electron chi connectivity index (χ2n) is 5.37. The van der Waals surface area contributed by atoms with Crippen LogP contribution >= 0.6 is 27.3 Å². The Balaban J connectivity index is 2.05. The Labute approximate surface area is 140 Å². The van der Waals surface area contributed by atoms with Gasteiger partial charge in [0.1, 0.15) is 0 Å². The van der Waals surface area contributed by atoms with Gasteiger partial charge in [0, 0.05) is 20.3 Å². The van der Waals surface area contributed by atoms with E-state index in [1.165, 1.54) is 26.2 Å².